The zero-order valence-electron chi connectivity index (χ0n) is 10.2. The molecule has 0 bridgehead atoms. The van der Waals surface area contributed by atoms with E-state index in [1.54, 1.807) is 6.07 Å². The Morgan fingerprint density at radius 2 is 2.06 bits per heavy atom. The SMILES string of the molecule is Cc1cc(=O)c(CNC(=O)C(C)C)c(C)[nH]1. The molecule has 0 aromatic carbocycles. The first-order valence-corrected chi connectivity index (χ1v) is 5.39. The van der Waals surface area contributed by atoms with Crippen LogP contribution in [0.5, 0.6) is 0 Å². The summed E-state index contributed by atoms with van der Waals surface area (Å²) in [7, 11) is 0. The predicted octanol–water partition coefficient (Wildman–Crippen LogP) is 1.26. The number of aromatic nitrogens is 1. The van der Waals surface area contributed by atoms with Gasteiger partial charge in [-0.2, -0.15) is 0 Å². The fourth-order valence-electron chi connectivity index (χ4n) is 1.48. The number of H-pyrrole nitrogens is 1. The molecule has 1 amide bonds. The maximum atomic E-state index is 11.7. The maximum absolute atomic E-state index is 11.7. The molecule has 4 heteroatoms. The zero-order valence-corrected chi connectivity index (χ0v) is 10.2. The summed E-state index contributed by atoms with van der Waals surface area (Å²) < 4.78 is 0. The number of carbonyl (C=O) groups excluding carboxylic acids is 1. The Kier molecular flexibility index (Phi) is 3.88. The first-order chi connectivity index (χ1) is 7.41. The Labute approximate surface area is 95.1 Å². The Morgan fingerprint density at radius 1 is 1.44 bits per heavy atom. The van der Waals surface area contributed by atoms with E-state index in [1.807, 2.05) is 27.7 Å². The topological polar surface area (TPSA) is 62.0 Å². The number of rotatable bonds is 3. The van der Waals surface area contributed by atoms with Crippen LogP contribution in [0.2, 0.25) is 0 Å². The van der Waals surface area contributed by atoms with E-state index in [0.717, 1.165) is 11.4 Å². The molecule has 0 saturated heterocycles. The summed E-state index contributed by atoms with van der Waals surface area (Å²) in [5.74, 6) is -0.107. The van der Waals surface area contributed by atoms with Crippen molar-refractivity contribution in [1.29, 1.82) is 0 Å². The molecule has 0 aliphatic heterocycles. The number of carbonyl (C=O) groups is 1. The van der Waals surface area contributed by atoms with E-state index in [0.29, 0.717) is 12.1 Å². The Bertz CT molecular complexity index is 447. The third kappa shape index (κ3) is 2.95. The van der Waals surface area contributed by atoms with E-state index in [1.165, 1.54) is 0 Å². The summed E-state index contributed by atoms with van der Waals surface area (Å²) in [5, 5.41) is 2.74. The summed E-state index contributed by atoms with van der Waals surface area (Å²) in [6.07, 6.45) is 0. The molecule has 0 unspecified atom stereocenters. The molecule has 0 atom stereocenters. The molecule has 4 nitrogen and oxygen atoms in total. The molecule has 88 valence electrons. The molecule has 0 radical (unpaired) electrons. The van der Waals surface area contributed by atoms with Crippen molar-refractivity contribution in [3.8, 4) is 0 Å². The lowest BCUT2D eigenvalue weighted by Crippen LogP contribution is -2.30. The number of hydrogen-bond donors (Lipinski definition) is 2. The largest absolute Gasteiger partial charge is 0.362 e. The number of pyridine rings is 1. The highest BCUT2D eigenvalue weighted by Gasteiger charge is 2.09. The van der Waals surface area contributed by atoms with Gasteiger partial charge in [-0.1, -0.05) is 13.8 Å². The molecule has 0 fully saturated rings. The van der Waals surface area contributed by atoms with Crippen molar-refractivity contribution >= 4 is 5.91 Å². The van der Waals surface area contributed by atoms with E-state index in [-0.39, 0.29) is 17.3 Å². The Balaban J connectivity index is 2.83. The van der Waals surface area contributed by atoms with Crippen LogP contribution in [0.3, 0.4) is 0 Å². The highest BCUT2D eigenvalue weighted by Crippen LogP contribution is 2.01. The van der Waals surface area contributed by atoms with Crippen molar-refractivity contribution in [3.63, 3.8) is 0 Å². The van der Waals surface area contributed by atoms with Crippen LogP contribution in [0.1, 0.15) is 30.8 Å². The first-order valence-electron chi connectivity index (χ1n) is 5.39. The minimum Gasteiger partial charge on any atom is -0.362 e. The van der Waals surface area contributed by atoms with Crippen molar-refractivity contribution < 1.29 is 4.79 Å². The van der Waals surface area contributed by atoms with Gasteiger partial charge in [0.05, 0.1) is 0 Å². The van der Waals surface area contributed by atoms with Gasteiger partial charge in [-0.3, -0.25) is 9.59 Å². The van der Waals surface area contributed by atoms with Gasteiger partial charge in [-0.25, -0.2) is 0 Å². The van der Waals surface area contributed by atoms with Gasteiger partial charge in [-0.05, 0) is 13.8 Å². The fraction of sp³-hybridized carbons (Fsp3) is 0.500. The van der Waals surface area contributed by atoms with Crippen molar-refractivity contribution in [3.05, 3.63) is 33.2 Å². The van der Waals surface area contributed by atoms with Gasteiger partial charge in [0, 0.05) is 35.5 Å². The van der Waals surface area contributed by atoms with Crippen LogP contribution in [0.25, 0.3) is 0 Å². The van der Waals surface area contributed by atoms with E-state index < -0.39 is 0 Å². The average molecular weight is 222 g/mol. The van der Waals surface area contributed by atoms with Gasteiger partial charge in [0.25, 0.3) is 0 Å². The van der Waals surface area contributed by atoms with Gasteiger partial charge in [0.15, 0.2) is 5.43 Å². The molecular weight excluding hydrogens is 204 g/mol. The first kappa shape index (κ1) is 12.5. The maximum Gasteiger partial charge on any atom is 0.222 e. The van der Waals surface area contributed by atoms with Gasteiger partial charge in [-0.15, -0.1) is 0 Å². The normalized spacial score (nSPS) is 10.6. The Hall–Kier alpha value is -1.58. The van der Waals surface area contributed by atoms with Crippen LogP contribution in [-0.2, 0) is 11.3 Å². The highest BCUT2D eigenvalue weighted by molar-refractivity contribution is 5.77. The minimum absolute atomic E-state index is 0.0298. The molecule has 1 rings (SSSR count). The molecule has 0 aliphatic rings. The summed E-state index contributed by atoms with van der Waals surface area (Å²) in [4.78, 5) is 26.1. The van der Waals surface area contributed by atoms with Crippen molar-refractivity contribution in [1.82, 2.24) is 10.3 Å². The second-order valence-corrected chi connectivity index (χ2v) is 4.29. The van der Waals surface area contributed by atoms with Crippen LogP contribution in [0, 0.1) is 19.8 Å². The van der Waals surface area contributed by atoms with Crippen molar-refractivity contribution in [2.75, 3.05) is 0 Å². The number of amides is 1. The molecule has 0 saturated carbocycles. The number of nitrogens with one attached hydrogen (secondary N) is 2. The van der Waals surface area contributed by atoms with E-state index in [4.69, 9.17) is 0 Å². The molecule has 1 aromatic heterocycles. The summed E-state index contributed by atoms with van der Waals surface area (Å²) in [6.45, 7) is 7.61. The standard InChI is InChI=1S/C12H18N2O2/c1-7(2)12(16)13-6-10-9(4)14-8(3)5-11(10)15/h5,7H,6H2,1-4H3,(H,13,16)(H,14,15). The van der Waals surface area contributed by atoms with Crippen LogP contribution in [0.15, 0.2) is 10.9 Å². The zero-order chi connectivity index (χ0) is 12.3. The lowest BCUT2D eigenvalue weighted by molar-refractivity contribution is -0.124. The lowest BCUT2D eigenvalue weighted by Gasteiger charge is -2.09. The van der Waals surface area contributed by atoms with Gasteiger partial charge >= 0.3 is 0 Å². The van der Waals surface area contributed by atoms with Gasteiger partial charge in [0.1, 0.15) is 0 Å². The van der Waals surface area contributed by atoms with Gasteiger partial charge in [0.2, 0.25) is 5.91 Å². The predicted molar refractivity (Wildman–Crippen MR) is 63.2 cm³/mol. The number of aromatic amines is 1. The summed E-state index contributed by atoms with van der Waals surface area (Å²) >= 11 is 0. The van der Waals surface area contributed by atoms with E-state index >= 15 is 0 Å². The molecule has 0 spiro atoms. The molecular formula is C12H18N2O2. The second-order valence-electron chi connectivity index (χ2n) is 4.29. The highest BCUT2D eigenvalue weighted by atomic mass is 16.1. The summed E-state index contributed by atoms with van der Waals surface area (Å²) in [6, 6.07) is 1.55. The quantitative estimate of drug-likeness (QED) is 0.809. The smallest absolute Gasteiger partial charge is 0.222 e. The number of aryl methyl sites for hydroxylation is 2. The van der Waals surface area contributed by atoms with Crippen LogP contribution in [-0.4, -0.2) is 10.9 Å². The molecule has 0 aliphatic carbocycles. The average Bonchev–Trinajstić information content (AvgIpc) is 2.15. The third-order valence-electron chi connectivity index (χ3n) is 2.45. The van der Waals surface area contributed by atoms with Crippen LogP contribution in [0.4, 0.5) is 0 Å². The lowest BCUT2D eigenvalue weighted by atomic mass is 10.1. The third-order valence-corrected chi connectivity index (χ3v) is 2.45. The molecule has 1 aromatic rings. The molecule has 16 heavy (non-hydrogen) atoms. The molecule has 2 N–H and O–H groups in total. The number of hydrogen-bond acceptors (Lipinski definition) is 2. The van der Waals surface area contributed by atoms with E-state index in [2.05, 4.69) is 10.3 Å². The van der Waals surface area contributed by atoms with Crippen molar-refractivity contribution in [2.45, 2.75) is 34.2 Å². The fourth-order valence-corrected chi connectivity index (χ4v) is 1.48. The van der Waals surface area contributed by atoms with Crippen LogP contribution < -0.4 is 10.7 Å². The second kappa shape index (κ2) is 4.96. The van der Waals surface area contributed by atoms with Crippen molar-refractivity contribution in [2.24, 2.45) is 5.92 Å². The molecule has 1 heterocycles. The van der Waals surface area contributed by atoms with Gasteiger partial charge < -0.3 is 10.3 Å². The summed E-state index contributed by atoms with van der Waals surface area (Å²) in [5.41, 5.74) is 2.24. The monoisotopic (exact) mass is 222 g/mol. The van der Waals surface area contributed by atoms with E-state index in [9.17, 15) is 9.59 Å². The Morgan fingerprint density at radius 3 is 2.56 bits per heavy atom. The van der Waals surface area contributed by atoms with Crippen LogP contribution >= 0.6 is 0 Å². The minimum atomic E-state index is -0.0650.